The summed E-state index contributed by atoms with van der Waals surface area (Å²) in [7, 11) is 0. The van der Waals surface area contributed by atoms with Crippen LogP contribution in [0.5, 0.6) is 0 Å². The summed E-state index contributed by atoms with van der Waals surface area (Å²) >= 11 is 0. The number of rotatable bonds is 2. The molecule has 0 spiro atoms. The topological polar surface area (TPSA) is 26.0 Å². The first-order valence-electron chi connectivity index (χ1n) is 5.00. The largest absolute Gasteiger partial charge is 0.326 e. The van der Waals surface area contributed by atoms with Crippen LogP contribution in [0.4, 0.5) is 0 Å². The third-order valence-electron chi connectivity index (χ3n) is 2.74. The number of hydrogen-bond acceptors (Lipinski definition) is 1. The Morgan fingerprint density at radius 2 is 2.29 bits per heavy atom. The van der Waals surface area contributed by atoms with E-state index in [1.807, 2.05) is 6.08 Å². The van der Waals surface area contributed by atoms with Gasteiger partial charge in [-0.2, -0.15) is 0 Å². The van der Waals surface area contributed by atoms with Crippen LogP contribution in [0.1, 0.15) is 23.1 Å². The fourth-order valence-corrected chi connectivity index (χ4v) is 1.97. The average Bonchev–Trinajstić information content (AvgIpc) is 2.27. The smallest absolute Gasteiger partial charge is 0.0181 e. The Morgan fingerprint density at radius 3 is 3.00 bits per heavy atom. The lowest BCUT2D eigenvalue weighted by atomic mass is 9.89. The molecule has 1 aromatic rings. The second kappa shape index (κ2) is 3.81. The molecule has 0 bridgehead atoms. The van der Waals surface area contributed by atoms with Crippen LogP contribution in [-0.2, 0) is 6.42 Å². The van der Waals surface area contributed by atoms with Gasteiger partial charge in [-0.3, -0.25) is 0 Å². The maximum absolute atomic E-state index is 5.70. The highest BCUT2D eigenvalue weighted by molar-refractivity contribution is 5.72. The van der Waals surface area contributed by atoms with Gasteiger partial charge in [0.05, 0.1) is 0 Å². The minimum absolute atomic E-state index is 0.639. The van der Waals surface area contributed by atoms with E-state index in [1.54, 1.807) is 0 Å². The Balaban J connectivity index is 2.48. The molecule has 0 aliphatic heterocycles. The predicted molar refractivity (Wildman–Crippen MR) is 61.9 cm³/mol. The lowest BCUT2D eigenvalue weighted by Crippen LogP contribution is -2.08. The molecule has 14 heavy (non-hydrogen) atoms. The molecular formula is C13H15N. The van der Waals surface area contributed by atoms with Crippen LogP contribution in [-0.4, -0.2) is 6.54 Å². The van der Waals surface area contributed by atoms with Gasteiger partial charge in [0.1, 0.15) is 0 Å². The second-order valence-electron chi connectivity index (χ2n) is 3.59. The van der Waals surface area contributed by atoms with Crippen LogP contribution >= 0.6 is 0 Å². The molecule has 0 radical (unpaired) electrons. The molecule has 2 rings (SSSR count). The van der Waals surface area contributed by atoms with Crippen molar-refractivity contribution in [3.63, 3.8) is 0 Å². The highest BCUT2D eigenvalue weighted by Crippen LogP contribution is 2.26. The van der Waals surface area contributed by atoms with E-state index in [1.165, 1.54) is 22.3 Å². The quantitative estimate of drug-likeness (QED) is 0.753. The van der Waals surface area contributed by atoms with Crippen LogP contribution in [0.15, 0.2) is 30.9 Å². The van der Waals surface area contributed by atoms with Crippen LogP contribution in [0.3, 0.4) is 0 Å². The molecule has 1 nitrogen and oxygen atoms in total. The molecule has 0 fully saturated rings. The van der Waals surface area contributed by atoms with Gasteiger partial charge >= 0.3 is 0 Å². The molecule has 0 saturated heterocycles. The molecule has 2 N–H and O–H groups in total. The van der Waals surface area contributed by atoms with Gasteiger partial charge in [0, 0.05) is 6.54 Å². The van der Waals surface area contributed by atoms with Gasteiger partial charge in [-0.1, -0.05) is 36.9 Å². The fourth-order valence-electron chi connectivity index (χ4n) is 1.97. The molecule has 1 aliphatic carbocycles. The summed E-state index contributed by atoms with van der Waals surface area (Å²) in [6, 6.07) is 6.47. The van der Waals surface area contributed by atoms with E-state index in [4.69, 9.17) is 5.73 Å². The number of aryl methyl sites for hydroxylation is 1. The molecular weight excluding hydrogens is 170 g/mol. The number of allylic oxidation sites excluding steroid dienone is 1. The first-order chi connectivity index (χ1) is 6.85. The Morgan fingerprint density at radius 1 is 1.43 bits per heavy atom. The molecule has 0 unspecified atom stereocenters. The van der Waals surface area contributed by atoms with Gasteiger partial charge in [-0.05, 0) is 35.1 Å². The average molecular weight is 185 g/mol. The van der Waals surface area contributed by atoms with Crippen molar-refractivity contribution in [1.29, 1.82) is 0 Å². The summed E-state index contributed by atoms with van der Waals surface area (Å²) in [5.41, 5.74) is 10.9. The highest BCUT2D eigenvalue weighted by Gasteiger charge is 2.10. The SMILES string of the molecule is C=Cc1ccc2c(c1)CCC=C2CN. The molecule has 72 valence electrons. The number of benzene rings is 1. The monoisotopic (exact) mass is 185 g/mol. The van der Waals surface area contributed by atoms with Gasteiger partial charge in [0.2, 0.25) is 0 Å². The van der Waals surface area contributed by atoms with Crippen LogP contribution in [0.2, 0.25) is 0 Å². The highest BCUT2D eigenvalue weighted by atomic mass is 14.5. The van der Waals surface area contributed by atoms with E-state index in [0.717, 1.165) is 12.8 Å². The van der Waals surface area contributed by atoms with Crippen molar-refractivity contribution in [1.82, 2.24) is 0 Å². The van der Waals surface area contributed by atoms with Crippen LogP contribution in [0.25, 0.3) is 11.6 Å². The van der Waals surface area contributed by atoms with Gasteiger partial charge in [-0.15, -0.1) is 0 Å². The van der Waals surface area contributed by atoms with Crippen molar-refractivity contribution in [2.45, 2.75) is 12.8 Å². The maximum Gasteiger partial charge on any atom is 0.0181 e. The van der Waals surface area contributed by atoms with E-state index in [9.17, 15) is 0 Å². The third kappa shape index (κ3) is 1.51. The van der Waals surface area contributed by atoms with Crippen molar-refractivity contribution in [3.8, 4) is 0 Å². The molecule has 1 aromatic carbocycles. The van der Waals surface area contributed by atoms with E-state index in [0.29, 0.717) is 6.54 Å². The minimum atomic E-state index is 0.639. The zero-order chi connectivity index (χ0) is 9.97. The van der Waals surface area contributed by atoms with Gasteiger partial charge in [-0.25, -0.2) is 0 Å². The second-order valence-corrected chi connectivity index (χ2v) is 3.59. The Bertz CT molecular complexity index is 388. The summed E-state index contributed by atoms with van der Waals surface area (Å²) < 4.78 is 0. The molecule has 1 heteroatoms. The molecule has 1 aliphatic rings. The van der Waals surface area contributed by atoms with Crippen molar-refractivity contribution in [2.75, 3.05) is 6.54 Å². The lowest BCUT2D eigenvalue weighted by molar-refractivity contribution is 0.966. The fraction of sp³-hybridized carbons (Fsp3) is 0.231. The van der Waals surface area contributed by atoms with Crippen molar-refractivity contribution >= 4 is 11.6 Å². The Labute approximate surface area is 84.9 Å². The zero-order valence-electron chi connectivity index (χ0n) is 8.29. The summed E-state index contributed by atoms with van der Waals surface area (Å²) in [4.78, 5) is 0. The van der Waals surface area contributed by atoms with Crippen molar-refractivity contribution < 1.29 is 0 Å². The standard InChI is InChI=1S/C13H15N/c1-2-10-6-7-13-11(8-10)4-3-5-12(13)9-14/h2,5-8H,1,3-4,9,14H2. The zero-order valence-corrected chi connectivity index (χ0v) is 8.29. The van der Waals surface area contributed by atoms with E-state index in [-0.39, 0.29) is 0 Å². The van der Waals surface area contributed by atoms with Gasteiger partial charge in [0.25, 0.3) is 0 Å². The summed E-state index contributed by atoms with van der Waals surface area (Å²) in [6.07, 6.45) is 6.37. The van der Waals surface area contributed by atoms with Crippen LogP contribution < -0.4 is 5.73 Å². The van der Waals surface area contributed by atoms with Crippen molar-refractivity contribution in [2.24, 2.45) is 5.73 Å². The van der Waals surface area contributed by atoms with E-state index >= 15 is 0 Å². The van der Waals surface area contributed by atoms with Crippen molar-refractivity contribution in [3.05, 3.63) is 47.5 Å². The van der Waals surface area contributed by atoms with E-state index < -0.39 is 0 Å². The molecule has 0 amide bonds. The number of nitrogens with two attached hydrogens (primary N) is 1. The van der Waals surface area contributed by atoms with Gasteiger partial charge in [0.15, 0.2) is 0 Å². The molecule has 0 aromatic heterocycles. The normalized spacial score (nSPS) is 14.5. The van der Waals surface area contributed by atoms with Crippen LogP contribution in [0, 0.1) is 0 Å². The first-order valence-corrected chi connectivity index (χ1v) is 5.00. The van der Waals surface area contributed by atoms with E-state index in [2.05, 4.69) is 30.9 Å². The minimum Gasteiger partial charge on any atom is -0.326 e. The lowest BCUT2D eigenvalue weighted by Gasteiger charge is -2.17. The number of hydrogen-bond donors (Lipinski definition) is 1. The summed E-state index contributed by atoms with van der Waals surface area (Å²) in [5.74, 6) is 0. The summed E-state index contributed by atoms with van der Waals surface area (Å²) in [6.45, 7) is 4.42. The molecule has 0 heterocycles. The first kappa shape index (κ1) is 9.22. The Hall–Kier alpha value is -1.34. The number of fused-ring (bicyclic) bond motifs is 1. The summed E-state index contributed by atoms with van der Waals surface area (Å²) in [5, 5.41) is 0. The third-order valence-corrected chi connectivity index (χ3v) is 2.74. The molecule has 0 saturated carbocycles. The Kier molecular flexibility index (Phi) is 2.51. The van der Waals surface area contributed by atoms with Gasteiger partial charge < -0.3 is 5.73 Å². The predicted octanol–water partition coefficient (Wildman–Crippen LogP) is 2.62. The molecule has 0 atom stereocenters. The maximum atomic E-state index is 5.70.